The number of anilines is 1. The van der Waals surface area contributed by atoms with Gasteiger partial charge in [0.2, 0.25) is 11.1 Å². The summed E-state index contributed by atoms with van der Waals surface area (Å²) in [6, 6.07) is 15.8. The molecule has 0 spiro atoms. The van der Waals surface area contributed by atoms with Crippen molar-refractivity contribution < 1.29 is 4.79 Å². The largest absolute Gasteiger partial charge is 0.312 e. The van der Waals surface area contributed by atoms with E-state index < -0.39 is 0 Å². The number of amides is 1. The van der Waals surface area contributed by atoms with Gasteiger partial charge in [-0.05, 0) is 61.4 Å². The smallest absolute Gasteiger partial charge is 0.240 e. The molecular weight excluding hydrogens is 358 g/mol. The summed E-state index contributed by atoms with van der Waals surface area (Å²) in [6.07, 6.45) is 0. The quantitative estimate of drug-likeness (QED) is 0.608. The zero-order valence-corrected chi connectivity index (χ0v) is 16.8. The van der Waals surface area contributed by atoms with Crippen LogP contribution >= 0.6 is 11.8 Å². The predicted molar refractivity (Wildman–Crippen MR) is 108 cm³/mol. The van der Waals surface area contributed by atoms with Gasteiger partial charge in [0.05, 0.1) is 10.9 Å². The van der Waals surface area contributed by atoms with Crippen molar-refractivity contribution in [2.45, 2.75) is 38.1 Å². The zero-order chi connectivity index (χ0) is 19.4. The van der Waals surface area contributed by atoms with Gasteiger partial charge in [0.15, 0.2) is 0 Å². The summed E-state index contributed by atoms with van der Waals surface area (Å²) < 4.78 is 1.72. The van der Waals surface area contributed by atoms with E-state index in [-0.39, 0.29) is 11.2 Å². The normalized spacial score (nSPS) is 12.0. The molecule has 2 aromatic carbocycles. The molecule has 27 heavy (non-hydrogen) atoms. The van der Waals surface area contributed by atoms with Gasteiger partial charge in [-0.1, -0.05) is 48.2 Å². The zero-order valence-electron chi connectivity index (χ0n) is 16.0. The lowest BCUT2D eigenvalue weighted by Crippen LogP contribution is -2.36. The van der Waals surface area contributed by atoms with Crippen LogP contribution in [0.25, 0.3) is 5.69 Å². The van der Waals surface area contributed by atoms with Gasteiger partial charge in [-0.25, -0.2) is 0 Å². The number of benzene rings is 2. The molecule has 1 amide bonds. The minimum atomic E-state index is -0.320. The third kappa shape index (κ3) is 4.03. The van der Waals surface area contributed by atoms with E-state index in [0.717, 1.165) is 22.5 Å². The molecule has 6 nitrogen and oxygen atoms in total. The first-order valence-electron chi connectivity index (χ1n) is 8.91. The number of para-hydroxylation sites is 2. The Kier molecular flexibility index (Phi) is 5.91. The van der Waals surface area contributed by atoms with E-state index in [0.29, 0.717) is 11.7 Å². The molecule has 3 aromatic rings. The Balaban J connectivity index is 1.84. The standard InChI is InChI=1S/C20H23N5OS/c1-5-24(17-12-7-6-8-13-17)19(26)16(4)27-20-21-22-23-25(20)18-14(2)10-9-11-15(18)3/h6-13,16H,5H2,1-4H3/t16-/m1/s1. The maximum Gasteiger partial charge on any atom is 0.240 e. The fourth-order valence-electron chi connectivity index (χ4n) is 3.03. The number of aromatic nitrogens is 4. The highest BCUT2D eigenvalue weighted by Gasteiger charge is 2.24. The van der Waals surface area contributed by atoms with Crippen LogP contribution < -0.4 is 4.90 Å². The van der Waals surface area contributed by atoms with E-state index in [4.69, 9.17) is 0 Å². The first-order chi connectivity index (χ1) is 13.0. The Hall–Kier alpha value is -2.67. The van der Waals surface area contributed by atoms with E-state index in [1.165, 1.54) is 11.8 Å². The van der Waals surface area contributed by atoms with Crippen molar-refractivity contribution in [1.29, 1.82) is 0 Å². The molecule has 0 saturated carbocycles. The summed E-state index contributed by atoms with van der Waals surface area (Å²) in [5.74, 6) is 0.0322. The molecule has 0 aliphatic carbocycles. The SMILES string of the molecule is CCN(C(=O)[C@@H](C)Sc1nnnn1-c1c(C)cccc1C)c1ccccc1. The lowest BCUT2D eigenvalue weighted by Gasteiger charge is -2.24. The first-order valence-corrected chi connectivity index (χ1v) is 9.79. The lowest BCUT2D eigenvalue weighted by atomic mass is 10.1. The molecule has 0 N–H and O–H groups in total. The molecule has 0 saturated heterocycles. The topological polar surface area (TPSA) is 63.9 Å². The summed E-state index contributed by atoms with van der Waals surface area (Å²) in [6.45, 7) is 8.53. The van der Waals surface area contributed by atoms with Crippen LogP contribution in [0.5, 0.6) is 0 Å². The molecular formula is C20H23N5OS. The second-order valence-corrected chi connectivity index (χ2v) is 7.60. The molecule has 0 unspecified atom stereocenters. The molecule has 3 rings (SSSR count). The van der Waals surface area contributed by atoms with Gasteiger partial charge < -0.3 is 4.90 Å². The average molecular weight is 382 g/mol. The number of carbonyl (C=O) groups is 1. The highest BCUT2D eigenvalue weighted by molar-refractivity contribution is 8.00. The maximum absolute atomic E-state index is 13.0. The number of nitrogens with zero attached hydrogens (tertiary/aromatic N) is 5. The van der Waals surface area contributed by atoms with Crippen LogP contribution in [0.1, 0.15) is 25.0 Å². The number of thioether (sulfide) groups is 1. The minimum Gasteiger partial charge on any atom is -0.312 e. The highest BCUT2D eigenvalue weighted by atomic mass is 32.2. The molecule has 1 heterocycles. The third-order valence-corrected chi connectivity index (χ3v) is 5.39. The summed E-state index contributed by atoms with van der Waals surface area (Å²) in [5.41, 5.74) is 4.03. The van der Waals surface area contributed by atoms with E-state index in [2.05, 4.69) is 15.5 Å². The van der Waals surface area contributed by atoms with Crippen molar-refractivity contribution in [2.24, 2.45) is 0 Å². The number of hydrogen-bond donors (Lipinski definition) is 0. The van der Waals surface area contributed by atoms with Crippen molar-refractivity contribution in [2.75, 3.05) is 11.4 Å². The van der Waals surface area contributed by atoms with E-state index in [1.807, 2.05) is 76.2 Å². The molecule has 0 fully saturated rings. The summed E-state index contributed by atoms with van der Waals surface area (Å²) in [5, 5.41) is 12.4. The molecule has 0 bridgehead atoms. The van der Waals surface area contributed by atoms with Gasteiger partial charge in [0.1, 0.15) is 0 Å². The highest BCUT2D eigenvalue weighted by Crippen LogP contribution is 2.28. The third-order valence-electron chi connectivity index (χ3n) is 4.37. The van der Waals surface area contributed by atoms with E-state index in [1.54, 1.807) is 9.58 Å². The fourth-order valence-corrected chi connectivity index (χ4v) is 3.89. The van der Waals surface area contributed by atoms with Crippen LogP contribution in [0.15, 0.2) is 53.7 Å². The van der Waals surface area contributed by atoms with Crippen LogP contribution in [0.4, 0.5) is 5.69 Å². The predicted octanol–water partition coefficient (Wildman–Crippen LogP) is 3.81. The molecule has 0 aliphatic heterocycles. The Labute approximate surface area is 163 Å². The number of tetrazole rings is 1. The Bertz CT molecular complexity index is 905. The number of hydrogen-bond acceptors (Lipinski definition) is 5. The van der Waals surface area contributed by atoms with Crippen molar-refractivity contribution in [1.82, 2.24) is 20.2 Å². The Morgan fingerprint density at radius 2 is 1.78 bits per heavy atom. The van der Waals surface area contributed by atoms with Crippen LogP contribution in [-0.2, 0) is 4.79 Å². The van der Waals surface area contributed by atoms with Crippen LogP contribution in [-0.4, -0.2) is 37.9 Å². The molecule has 7 heteroatoms. The molecule has 1 atom stereocenters. The van der Waals surface area contributed by atoms with E-state index in [9.17, 15) is 4.79 Å². The van der Waals surface area contributed by atoms with Gasteiger partial charge in [-0.15, -0.1) is 5.10 Å². The van der Waals surface area contributed by atoms with Crippen LogP contribution in [0.2, 0.25) is 0 Å². The van der Waals surface area contributed by atoms with Crippen molar-refractivity contribution in [3.8, 4) is 5.69 Å². The summed E-state index contributed by atoms with van der Waals surface area (Å²) in [4.78, 5) is 14.8. The molecule has 1 aromatic heterocycles. The van der Waals surface area contributed by atoms with Crippen molar-refractivity contribution >= 4 is 23.4 Å². The van der Waals surface area contributed by atoms with Crippen LogP contribution in [0.3, 0.4) is 0 Å². The van der Waals surface area contributed by atoms with E-state index >= 15 is 0 Å². The monoisotopic (exact) mass is 381 g/mol. The summed E-state index contributed by atoms with van der Waals surface area (Å²) >= 11 is 1.37. The molecule has 0 radical (unpaired) electrons. The van der Waals surface area contributed by atoms with Gasteiger partial charge in [-0.2, -0.15) is 4.68 Å². The van der Waals surface area contributed by atoms with Gasteiger partial charge in [0.25, 0.3) is 0 Å². The number of rotatable bonds is 6. The average Bonchev–Trinajstić information content (AvgIpc) is 3.10. The first kappa shape index (κ1) is 19.1. The number of carbonyl (C=O) groups excluding carboxylic acids is 1. The maximum atomic E-state index is 13.0. The fraction of sp³-hybridized carbons (Fsp3) is 0.300. The Morgan fingerprint density at radius 3 is 2.41 bits per heavy atom. The van der Waals surface area contributed by atoms with Gasteiger partial charge in [0, 0.05) is 12.2 Å². The summed E-state index contributed by atoms with van der Waals surface area (Å²) in [7, 11) is 0. The Morgan fingerprint density at radius 1 is 1.11 bits per heavy atom. The van der Waals surface area contributed by atoms with Crippen molar-refractivity contribution in [3.63, 3.8) is 0 Å². The second-order valence-electron chi connectivity index (χ2n) is 6.29. The lowest BCUT2D eigenvalue weighted by molar-refractivity contribution is -0.117. The minimum absolute atomic E-state index is 0.0322. The number of aryl methyl sites for hydroxylation is 2. The van der Waals surface area contributed by atoms with Gasteiger partial charge in [-0.3, -0.25) is 4.79 Å². The molecule has 140 valence electrons. The molecule has 0 aliphatic rings. The van der Waals surface area contributed by atoms with Crippen LogP contribution in [0, 0.1) is 13.8 Å². The second kappa shape index (κ2) is 8.35. The van der Waals surface area contributed by atoms with Gasteiger partial charge >= 0.3 is 0 Å². The van der Waals surface area contributed by atoms with Crippen molar-refractivity contribution in [3.05, 3.63) is 59.7 Å².